The van der Waals surface area contributed by atoms with E-state index in [1.54, 1.807) is 6.20 Å². The zero-order chi connectivity index (χ0) is 28.2. The SMILES string of the molecule is NCCCCC(NC(=O)C(N)CS)C(=O)NC(Cc1c[nH]c2ccccc12)C(=O)NC(CC(N)=O)C(=O)O. The van der Waals surface area contributed by atoms with Crippen molar-refractivity contribution in [3.05, 3.63) is 36.0 Å². The van der Waals surface area contributed by atoms with Crippen molar-refractivity contribution in [3.8, 4) is 0 Å². The van der Waals surface area contributed by atoms with Crippen LogP contribution in [0, 0.1) is 0 Å². The number of fused-ring (bicyclic) bond motifs is 1. The molecule has 0 saturated heterocycles. The number of aromatic nitrogens is 1. The van der Waals surface area contributed by atoms with Gasteiger partial charge in [0.15, 0.2) is 0 Å². The minimum atomic E-state index is -1.59. The number of H-pyrrole nitrogens is 1. The van der Waals surface area contributed by atoms with E-state index >= 15 is 0 Å². The van der Waals surface area contributed by atoms with E-state index in [1.807, 2.05) is 24.3 Å². The van der Waals surface area contributed by atoms with Gasteiger partial charge < -0.3 is 43.2 Å². The van der Waals surface area contributed by atoms with Crippen LogP contribution in [0.5, 0.6) is 0 Å². The molecule has 0 radical (unpaired) electrons. The lowest BCUT2D eigenvalue weighted by atomic mass is 10.0. The number of primary amides is 1. The third-order valence-corrected chi connectivity index (χ3v) is 6.26. The van der Waals surface area contributed by atoms with Crippen LogP contribution in [0.4, 0.5) is 0 Å². The molecule has 0 saturated carbocycles. The number of carboxylic acid groups (broad SMARTS) is 1. The molecule has 2 rings (SSSR count). The number of para-hydroxylation sites is 1. The van der Waals surface area contributed by atoms with Gasteiger partial charge in [-0.2, -0.15) is 12.6 Å². The fourth-order valence-electron chi connectivity index (χ4n) is 3.80. The monoisotopic (exact) mass is 549 g/mol. The number of aromatic amines is 1. The number of unbranched alkanes of at least 4 members (excludes halogenated alkanes) is 1. The van der Waals surface area contributed by atoms with Crippen LogP contribution < -0.4 is 33.2 Å². The number of carbonyl (C=O) groups excluding carboxylic acids is 4. The molecule has 13 nitrogen and oxygen atoms in total. The van der Waals surface area contributed by atoms with Crippen LogP contribution in [0.3, 0.4) is 0 Å². The first-order chi connectivity index (χ1) is 18.1. The highest BCUT2D eigenvalue weighted by atomic mass is 32.1. The highest BCUT2D eigenvalue weighted by Gasteiger charge is 2.31. The summed E-state index contributed by atoms with van der Waals surface area (Å²) in [5, 5.41) is 17.7. The molecule has 0 spiro atoms. The van der Waals surface area contributed by atoms with Crippen LogP contribution in [0.1, 0.15) is 31.2 Å². The van der Waals surface area contributed by atoms with Crippen molar-refractivity contribution in [2.75, 3.05) is 12.3 Å². The largest absolute Gasteiger partial charge is 0.480 e. The number of carboxylic acids is 1. The Hall–Kier alpha value is -3.62. The number of benzene rings is 1. The lowest BCUT2D eigenvalue weighted by Gasteiger charge is -2.25. The number of thiol groups is 1. The van der Waals surface area contributed by atoms with Crippen LogP contribution in [0.15, 0.2) is 30.5 Å². The van der Waals surface area contributed by atoms with Gasteiger partial charge in [0.2, 0.25) is 23.6 Å². The molecule has 0 aliphatic heterocycles. The van der Waals surface area contributed by atoms with Crippen LogP contribution in [0.25, 0.3) is 10.9 Å². The van der Waals surface area contributed by atoms with Crippen LogP contribution in [-0.4, -0.2) is 76.2 Å². The summed E-state index contributed by atoms with van der Waals surface area (Å²) in [5.74, 6) is -4.40. The summed E-state index contributed by atoms with van der Waals surface area (Å²) in [7, 11) is 0. The highest BCUT2D eigenvalue weighted by molar-refractivity contribution is 7.80. The van der Waals surface area contributed by atoms with Gasteiger partial charge in [0.25, 0.3) is 0 Å². The summed E-state index contributed by atoms with van der Waals surface area (Å²) in [4.78, 5) is 64.9. The molecule has 38 heavy (non-hydrogen) atoms. The standard InChI is InChI=1S/C24H35N7O6S/c25-8-4-3-7-17(29-21(33)15(26)12-38)22(34)30-18(23(35)31-19(24(36)37)10-20(27)32)9-13-11-28-16-6-2-1-5-14(13)16/h1-2,5-6,11,15,17-19,28,38H,3-4,7-10,12,25-26H2,(H2,27,32)(H,29,33)(H,30,34)(H,31,35)(H,36,37). The Morgan fingerprint density at radius 3 is 2.21 bits per heavy atom. The molecule has 1 aromatic heterocycles. The number of carbonyl (C=O) groups is 5. The van der Waals surface area contributed by atoms with E-state index in [4.69, 9.17) is 17.2 Å². The van der Waals surface area contributed by atoms with Crippen molar-refractivity contribution in [2.45, 2.75) is 56.3 Å². The summed E-state index contributed by atoms with van der Waals surface area (Å²) < 4.78 is 0. The fraction of sp³-hybridized carbons (Fsp3) is 0.458. The van der Waals surface area contributed by atoms with E-state index in [9.17, 15) is 29.1 Å². The van der Waals surface area contributed by atoms with Crippen molar-refractivity contribution in [1.82, 2.24) is 20.9 Å². The first kappa shape index (κ1) is 30.6. The predicted octanol–water partition coefficient (Wildman–Crippen LogP) is -1.49. The average Bonchev–Trinajstić information content (AvgIpc) is 3.29. The van der Waals surface area contributed by atoms with Crippen molar-refractivity contribution in [1.29, 1.82) is 0 Å². The topological polar surface area (TPSA) is 236 Å². The highest BCUT2D eigenvalue weighted by Crippen LogP contribution is 2.19. The first-order valence-electron chi connectivity index (χ1n) is 12.1. The molecule has 1 heterocycles. The molecule has 0 aliphatic carbocycles. The number of nitrogens with two attached hydrogens (primary N) is 3. The minimum absolute atomic E-state index is 0.00980. The van der Waals surface area contributed by atoms with Crippen LogP contribution in [-0.2, 0) is 30.4 Å². The van der Waals surface area contributed by atoms with E-state index in [0.717, 1.165) is 10.9 Å². The number of hydrogen-bond acceptors (Lipinski definition) is 8. The maximum absolute atomic E-state index is 13.3. The molecule has 2 aromatic rings. The number of aliphatic carboxylic acids is 1. The van der Waals surface area contributed by atoms with E-state index in [0.29, 0.717) is 24.9 Å². The Bertz CT molecular complexity index is 1140. The lowest BCUT2D eigenvalue weighted by Crippen LogP contribution is -2.58. The van der Waals surface area contributed by atoms with Crippen LogP contribution >= 0.6 is 12.6 Å². The molecule has 0 bridgehead atoms. The second-order valence-corrected chi connectivity index (χ2v) is 9.19. The number of nitrogens with one attached hydrogen (secondary N) is 4. The third-order valence-electron chi connectivity index (χ3n) is 5.87. The number of hydrogen-bond donors (Lipinski definition) is 9. The maximum Gasteiger partial charge on any atom is 0.326 e. The third kappa shape index (κ3) is 9.04. The smallest absolute Gasteiger partial charge is 0.326 e. The van der Waals surface area contributed by atoms with Crippen molar-refractivity contribution in [2.24, 2.45) is 17.2 Å². The Balaban J connectivity index is 2.32. The van der Waals surface area contributed by atoms with Crippen molar-refractivity contribution >= 4 is 53.1 Å². The molecule has 11 N–H and O–H groups in total. The molecule has 4 amide bonds. The van der Waals surface area contributed by atoms with Gasteiger partial charge in [0.1, 0.15) is 18.1 Å². The van der Waals surface area contributed by atoms with E-state index < -0.39 is 60.2 Å². The minimum Gasteiger partial charge on any atom is -0.480 e. The van der Waals surface area contributed by atoms with Gasteiger partial charge in [0, 0.05) is 29.3 Å². The Labute approximate surface area is 225 Å². The van der Waals surface area contributed by atoms with E-state index in [-0.39, 0.29) is 18.6 Å². The first-order valence-corrected chi connectivity index (χ1v) is 12.7. The van der Waals surface area contributed by atoms with Gasteiger partial charge in [-0.15, -0.1) is 0 Å². The molecule has 4 atom stereocenters. The lowest BCUT2D eigenvalue weighted by molar-refractivity contribution is -0.143. The summed E-state index contributed by atoms with van der Waals surface area (Å²) in [6.07, 6.45) is 2.39. The molecule has 1 aromatic carbocycles. The van der Waals surface area contributed by atoms with Crippen LogP contribution in [0.2, 0.25) is 0 Å². The molecule has 0 fully saturated rings. The normalized spacial score (nSPS) is 14.2. The Kier molecular flexibility index (Phi) is 12.0. The number of rotatable bonds is 16. The van der Waals surface area contributed by atoms with E-state index in [1.165, 1.54) is 0 Å². The molecule has 0 aliphatic rings. The Morgan fingerprint density at radius 2 is 1.58 bits per heavy atom. The summed E-state index contributed by atoms with van der Waals surface area (Å²) in [5.41, 5.74) is 17.9. The van der Waals surface area contributed by atoms with Gasteiger partial charge in [-0.1, -0.05) is 18.2 Å². The second-order valence-electron chi connectivity index (χ2n) is 8.83. The van der Waals surface area contributed by atoms with Gasteiger partial charge in [-0.3, -0.25) is 19.2 Å². The summed E-state index contributed by atoms with van der Waals surface area (Å²) in [6.45, 7) is 0.389. The van der Waals surface area contributed by atoms with E-state index in [2.05, 4.69) is 33.6 Å². The molecule has 14 heteroatoms. The molecular weight excluding hydrogens is 514 g/mol. The van der Waals surface area contributed by atoms with Gasteiger partial charge in [0.05, 0.1) is 12.5 Å². The average molecular weight is 550 g/mol. The quantitative estimate of drug-likeness (QED) is 0.0881. The Morgan fingerprint density at radius 1 is 0.947 bits per heavy atom. The van der Waals surface area contributed by atoms with Gasteiger partial charge in [-0.25, -0.2) is 4.79 Å². The molecule has 208 valence electrons. The molecule has 4 unspecified atom stereocenters. The second kappa shape index (κ2) is 15.0. The zero-order valence-electron chi connectivity index (χ0n) is 20.8. The van der Waals surface area contributed by atoms with Crippen molar-refractivity contribution < 1.29 is 29.1 Å². The zero-order valence-corrected chi connectivity index (χ0v) is 21.7. The number of amides is 4. The predicted molar refractivity (Wildman–Crippen MR) is 144 cm³/mol. The van der Waals surface area contributed by atoms with Crippen molar-refractivity contribution in [3.63, 3.8) is 0 Å². The maximum atomic E-state index is 13.3. The fourth-order valence-corrected chi connectivity index (χ4v) is 3.96. The van der Waals surface area contributed by atoms with Gasteiger partial charge >= 0.3 is 5.97 Å². The summed E-state index contributed by atoms with van der Waals surface area (Å²) >= 11 is 4.01. The summed E-state index contributed by atoms with van der Waals surface area (Å²) in [6, 6.07) is 2.51. The molecular formula is C24H35N7O6S. The van der Waals surface area contributed by atoms with Gasteiger partial charge in [-0.05, 0) is 37.4 Å².